The van der Waals surface area contributed by atoms with Gasteiger partial charge in [-0.25, -0.2) is 0 Å². The molecule has 0 aliphatic carbocycles. The number of allylic oxidation sites excluding steroid dienone is 1. The Morgan fingerprint density at radius 2 is 2.19 bits per heavy atom. The van der Waals surface area contributed by atoms with Gasteiger partial charge in [0.2, 0.25) is 0 Å². The molecule has 2 rings (SSSR count). The van der Waals surface area contributed by atoms with Crippen LogP contribution in [0, 0.1) is 11.3 Å². The van der Waals surface area contributed by atoms with Crippen molar-refractivity contribution in [1.29, 1.82) is 5.26 Å². The van der Waals surface area contributed by atoms with Crippen LogP contribution in [-0.4, -0.2) is 17.6 Å². The molecule has 1 amide bonds. The first-order valence-electron chi connectivity index (χ1n) is 8.26. The SMILES string of the molecule is C=CCc1cc(/C=C(\C#N)C(=O)Nc2cccc(Cl)c2)cc(OCC)c1O. The fourth-order valence-electron chi connectivity index (χ4n) is 2.43. The molecule has 0 saturated heterocycles. The predicted octanol–water partition coefficient (Wildman–Crippen LogP) is 4.72. The zero-order valence-electron chi connectivity index (χ0n) is 14.8. The minimum Gasteiger partial charge on any atom is -0.504 e. The van der Waals surface area contributed by atoms with Crippen LogP contribution >= 0.6 is 11.6 Å². The molecule has 5 nitrogen and oxygen atoms in total. The van der Waals surface area contributed by atoms with Crippen LogP contribution in [0.1, 0.15) is 18.1 Å². The lowest BCUT2D eigenvalue weighted by Gasteiger charge is -2.11. The monoisotopic (exact) mass is 382 g/mol. The molecular weight excluding hydrogens is 364 g/mol. The molecule has 6 heteroatoms. The van der Waals surface area contributed by atoms with Gasteiger partial charge in [-0.15, -0.1) is 6.58 Å². The molecule has 0 aromatic heterocycles. The van der Waals surface area contributed by atoms with Gasteiger partial charge in [0.1, 0.15) is 11.6 Å². The molecule has 0 aliphatic heterocycles. The number of nitriles is 1. The maximum atomic E-state index is 12.4. The van der Waals surface area contributed by atoms with E-state index in [0.29, 0.717) is 34.9 Å². The van der Waals surface area contributed by atoms with Crippen molar-refractivity contribution in [3.8, 4) is 17.6 Å². The zero-order valence-corrected chi connectivity index (χ0v) is 15.6. The fraction of sp³-hybridized carbons (Fsp3) is 0.143. The van der Waals surface area contributed by atoms with E-state index in [0.717, 1.165) is 0 Å². The van der Waals surface area contributed by atoms with E-state index in [1.165, 1.54) is 6.08 Å². The minimum absolute atomic E-state index is 0.0239. The summed E-state index contributed by atoms with van der Waals surface area (Å²) in [5.41, 5.74) is 1.55. The lowest BCUT2D eigenvalue weighted by molar-refractivity contribution is -0.112. The van der Waals surface area contributed by atoms with Crippen molar-refractivity contribution in [3.05, 3.63) is 70.8 Å². The number of nitrogens with zero attached hydrogens (tertiary/aromatic N) is 1. The van der Waals surface area contributed by atoms with Crippen molar-refractivity contribution in [2.75, 3.05) is 11.9 Å². The highest BCUT2D eigenvalue weighted by Gasteiger charge is 2.13. The molecule has 2 aromatic carbocycles. The van der Waals surface area contributed by atoms with Gasteiger partial charge in [0, 0.05) is 16.3 Å². The maximum Gasteiger partial charge on any atom is 0.266 e. The molecule has 0 fully saturated rings. The summed E-state index contributed by atoms with van der Waals surface area (Å²) in [5, 5.41) is 22.7. The number of ether oxygens (including phenoxy) is 1. The maximum absolute atomic E-state index is 12.4. The van der Waals surface area contributed by atoms with Crippen molar-refractivity contribution in [3.63, 3.8) is 0 Å². The van der Waals surface area contributed by atoms with Gasteiger partial charge in [-0.05, 0) is 55.3 Å². The summed E-state index contributed by atoms with van der Waals surface area (Å²) in [6, 6.07) is 11.8. The lowest BCUT2D eigenvalue weighted by atomic mass is 10.0. The van der Waals surface area contributed by atoms with Gasteiger partial charge in [-0.1, -0.05) is 23.7 Å². The second kappa shape index (κ2) is 9.46. The van der Waals surface area contributed by atoms with Crippen molar-refractivity contribution in [2.45, 2.75) is 13.3 Å². The minimum atomic E-state index is -0.559. The third-order valence-electron chi connectivity index (χ3n) is 3.60. The highest BCUT2D eigenvalue weighted by Crippen LogP contribution is 2.33. The van der Waals surface area contributed by atoms with E-state index in [1.54, 1.807) is 49.4 Å². The van der Waals surface area contributed by atoms with Gasteiger partial charge >= 0.3 is 0 Å². The van der Waals surface area contributed by atoms with E-state index < -0.39 is 5.91 Å². The number of hydrogen-bond acceptors (Lipinski definition) is 4. The summed E-state index contributed by atoms with van der Waals surface area (Å²) in [7, 11) is 0. The van der Waals surface area contributed by atoms with Crippen LogP contribution in [0.15, 0.2) is 54.6 Å². The number of phenolic OH excluding ortho intramolecular Hbond substituents is 1. The topological polar surface area (TPSA) is 82.4 Å². The Hall–Kier alpha value is -3.23. The number of halogens is 1. The van der Waals surface area contributed by atoms with Crippen LogP contribution in [-0.2, 0) is 11.2 Å². The normalized spacial score (nSPS) is 10.8. The van der Waals surface area contributed by atoms with Gasteiger partial charge in [0.05, 0.1) is 6.61 Å². The van der Waals surface area contributed by atoms with Crippen LogP contribution in [0.25, 0.3) is 6.08 Å². The Morgan fingerprint density at radius 1 is 1.41 bits per heavy atom. The zero-order chi connectivity index (χ0) is 19.8. The van der Waals surface area contributed by atoms with Crippen molar-refractivity contribution < 1.29 is 14.6 Å². The molecule has 0 spiro atoms. The van der Waals surface area contributed by atoms with Crippen molar-refractivity contribution in [1.82, 2.24) is 0 Å². The fourth-order valence-corrected chi connectivity index (χ4v) is 2.62. The molecule has 0 unspecified atom stereocenters. The summed E-state index contributed by atoms with van der Waals surface area (Å²) in [4.78, 5) is 12.4. The molecule has 138 valence electrons. The third kappa shape index (κ3) is 5.37. The van der Waals surface area contributed by atoms with Gasteiger partial charge < -0.3 is 15.2 Å². The van der Waals surface area contributed by atoms with Gasteiger partial charge in [0.25, 0.3) is 5.91 Å². The Kier molecular flexibility index (Phi) is 7.04. The Bertz CT molecular complexity index is 930. The number of benzene rings is 2. The molecule has 27 heavy (non-hydrogen) atoms. The molecule has 0 radical (unpaired) electrons. The number of nitrogens with one attached hydrogen (secondary N) is 1. The van der Waals surface area contributed by atoms with Crippen molar-refractivity contribution in [2.24, 2.45) is 0 Å². The average molecular weight is 383 g/mol. The van der Waals surface area contributed by atoms with Crippen LogP contribution in [0.2, 0.25) is 5.02 Å². The molecular formula is C21H19ClN2O3. The van der Waals surface area contributed by atoms with E-state index in [9.17, 15) is 15.2 Å². The average Bonchev–Trinajstić information content (AvgIpc) is 2.63. The van der Waals surface area contributed by atoms with Crippen LogP contribution < -0.4 is 10.1 Å². The lowest BCUT2D eigenvalue weighted by Crippen LogP contribution is -2.13. The Balaban J connectivity index is 2.36. The first-order chi connectivity index (χ1) is 13.0. The van der Waals surface area contributed by atoms with Crippen LogP contribution in [0.5, 0.6) is 11.5 Å². The standard InChI is InChI=1S/C21H19ClN2O3/c1-3-6-15-9-14(11-19(20(15)25)27-4-2)10-16(13-23)21(26)24-18-8-5-7-17(22)12-18/h3,5,7-12,25H,1,4,6H2,2H3,(H,24,26)/b16-10+. The quantitative estimate of drug-likeness (QED) is 0.412. The Morgan fingerprint density at radius 3 is 2.81 bits per heavy atom. The van der Waals surface area contributed by atoms with E-state index in [-0.39, 0.29) is 17.1 Å². The number of carbonyl (C=O) groups is 1. The van der Waals surface area contributed by atoms with E-state index in [2.05, 4.69) is 11.9 Å². The van der Waals surface area contributed by atoms with Crippen LogP contribution in [0.4, 0.5) is 5.69 Å². The largest absolute Gasteiger partial charge is 0.504 e. The van der Waals surface area contributed by atoms with Crippen LogP contribution in [0.3, 0.4) is 0 Å². The van der Waals surface area contributed by atoms with Gasteiger partial charge in [-0.2, -0.15) is 5.26 Å². The summed E-state index contributed by atoms with van der Waals surface area (Å²) < 4.78 is 5.44. The summed E-state index contributed by atoms with van der Waals surface area (Å²) in [5.74, 6) is -0.248. The number of rotatable bonds is 7. The molecule has 0 heterocycles. The summed E-state index contributed by atoms with van der Waals surface area (Å²) in [6.45, 7) is 5.84. The predicted molar refractivity (Wildman–Crippen MR) is 107 cm³/mol. The molecule has 0 bridgehead atoms. The molecule has 0 aliphatic rings. The van der Waals surface area contributed by atoms with E-state index >= 15 is 0 Å². The highest BCUT2D eigenvalue weighted by atomic mass is 35.5. The Labute approximate surface area is 163 Å². The third-order valence-corrected chi connectivity index (χ3v) is 3.83. The second-order valence-electron chi connectivity index (χ2n) is 5.59. The number of amides is 1. The molecule has 2 aromatic rings. The highest BCUT2D eigenvalue weighted by molar-refractivity contribution is 6.31. The van der Waals surface area contributed by atoms with Gasteiger partial charge in [-0.3, -0.25) is 4.79 Å². The number of anilines is 1. The first kappa shape index (κ1) is 20.1. The summed E-state index contributed by atoms with van der Waals surface area (Å²) >= 11 is 5.90. The molecule has 0 saturated carbocycles. The number of hydrogen-bond donors (Lipinski definition) is 2. The first-order valence-corrected chi connectivity index (χ1v) is 8.64. The molecule has 2 N–H and O–H groups in total. The van der Waals surface area contributed by atoms with E-state index in [1.807, 2.05) is 6.07 Å². The molecule has 0 atom stereocenters. The summed E-state index contributed by atoms with van der Waals surface area (Å²) in [6.07, 6.45) is 3.51. The number of aromatic hydroxyl groups is 1. The second-order valence-corrected chi connectivity index (χ2v) is 6.02. The van der Waals surface area contributed by atoms with E-state index in [4.69, 9.17) is 16.3 Å². The number of phenols is 1. The van der Waals surface area contributed by atoms with Crippen molar-refractivity contribution >= 4 is 29.3 Å². The number of carbonyl (C=O) groups excluding carboxylic acids is 1. The smallest absolute Gasteiger partial charge is 0.266 e. The van der Waals surface area contributed by atoms with Gasteiger partial charge in [0.15, 0.2) is 11.5 Å².